The largest absolute Gasteiger partial charge is 0.353 e. The topological polar surface area (TPSA) is 104 Å². The predicted octanol–water partition coefficient (Wildman–Crippen LogP) is 1.48. The Bertz CT molecular complexity index is 1020. The van der Waals surface area contributed by atoms with Crippen LogP contribution in [-0.2, 0) is 22.7 Å². The Hall–Kier alpha value is -3.59. The molecule has 0 bridgehead atoms. The maximum absolute atomic E-state index is 12.9. The van der Waals surface area contributed by atoms with Gasteiger partial charge in [-0.2, -0.15) is 4.98 Å². The lowest BCUT2D eigenvalue weighted by Crippen LogP contribution is -2.56. The summed E-state index contributed by atoms with van der Waals surface area (Å²) in [6.45, 7) is 1.97. The van der Waals surface area contributed by atoms with Crippen molar-refractivity contribution in [2.75, 3.05) is 20.1 Å². The van der Waals surface area contributed by atoms with Crippen molar-refractivity contribution in [1.82, 2.24) is 30.2 Å². The summed E-state index contributed by atoms with van der Waals surface area (Å²) in [4.78, 5) is 37.4. The molecule has 1 atom stereocenters. The molecule has 1 fully saturated rings. The number of carbonyl (C=O) groups is 2. The van der Waals surface area contributed by atoms with Gasteiger partial charge in [-0.25, -0.2) is 0 Å². The fraction of sp³-hybridized carbons (Fsp3) is 0.318. The van der Waals surface area contributed by atoms with Gasteiger partial charge in [0.1, 0.15) is 0 Å². The van der Waals surface area contributed by atoms with Crippen molar-refractivity contribution in [2.24, 2.45) is 0 Å². The second kappa shape index (κ2) is 9.48. The Labute approximate surface area is 180 Å². The van der Waals surface area contributed by atoms with Crippen molar-refractivity contribution in [1.29, 1.82) is 0 Å². The van der Waals surface area contributed by atoms with Crippen LogP contribution in [0.5, 0.6) is 0 Å². The van der Waals surface area contributed by atoms with Crippen molar-refractivity contribution >= 4 is 11.8 Å². The number of aromatic nitrogens is 3. The monoisotopic (exact) mass is 420 g/mol. The third-order valence-electron chi connectivity index (χ3n) is 5.22. The first-order valence-electron chi connectivity index (χ1n) is 10.1. The number of amides is 2. The summed E-state index contributed by atoms with van der Waals surface area (Å²) < 4.78 is 5.30. The van der Waals surface area contributed by atoms with Gasteiger partial charge >= 0.3 is 0 Å². The molecule has 9 heteroatoms. The SMILES string of the molecule is CN(Cc1nc(-c2ccccc2)no1)C(=O)CC1C(=O)NCCN1Cc1cccnc1. The molecule has 2 amide bonds. The lowest BCUT2D eigenvalue weighted by molar-refractivity contribution is -0.138. The van der Waals surface area contributed by atoms with Crippen LogP contribution in [-0.4, -0.2) is 62.9 Å². The molecule has 0 radical (unpaired) electrons. The van der Waals surface area contributed by atoms with Gasteiger partial charge in [-0.1, -0.05) is 41.6 Å². The van der Waals surface area contributed by atoms with Crippen LogP contribution in [0.15, 0.2) is 59.4 Å². The van der Waals surface area contributed by atoms with E-state index in [0.29, 0.717) is 31.3 Å². The van der Waals surface area contributed by atoms with Crippen LogP contribution in [0.25, 0.3) is 11.4 Å². The fourth-order valence-electron chi connectivity index (χ4n) is 3.54. The molecule has 3 heterocycles. The van der Waals surface area contributed by atoms with Crippen molar-refractivity contribution in [3.63, 3.8) is 0 Å². The normalized spacial score (nSPS) is 16.7. The first kappa shape index (κ1) is 20.7. The van der Waals surface area contributed by atoms with Crippen LogP contribution in [0.4, 0.5) is 0 Å². The second-order valence-corrected chi connectivity index (χ2v) is 7.47. The molecular formula is C22H24N6O3. The molecule has 2 aromatic heterocycles. The maximum Gasteiger partial charge on any atom is 0.246 e. The molecule has 0 spiro atoms. The first-order valence-corrected chi connectivity index (χ1v) is 10.1. The van der Waals surface area contributed by atoms with E-state index in [1.807, 2.05) is 47.4 Å². The summed E-state index contributed by atoms with van der Waals surface area (Å²) in [5, 5.41) is 6.84. The summed E-state index contributed by atoms with van der Waals surface area (Å²) in [5.74, 6) is 0.513. The van der Waals surface area contributed by atoms with Crippen molar-refractivity contribution in [3.8, 4) is 11.4 Å². The smallest absolute Gasteiger partial charge is 0.246 e. The average molecular weight is 420 g/mol. The molecule has 1 aliphatic rings. The van der Waals surface area contributed by atoms with E-state index in [4.69, 9.17) is 4.52 Å². The van der Waals surface area contributed by atoms with E-state index in [-0.39, 0.29) is 24.8 Å². The highest BCUT2D eigenvalue weighted by Gasteiger charge is 2.32. The number of hydrogen-bond donors (Lipinski definition) is 1. The molecule has 1 aliphatic heterocycles. The molecule has 4 rings (SSSR count). The summed E-state index contributed by atoms with van der Waals surface area (Å²) in [6.07, 6.45) is 3.56. The van der Waals surface area contributed by atoms with E-state index >= 15 is 0 Å². The molecule has 1 unspecified atom stereocenters. The van der Waals surface area contributed by atoms with Gasteiger partial charge in [-0.3, -0.25) is 19.5 Å². The van der Waals surface area contributed by atoms with Crippen molar-refractivity contribution < 1.29 is 14.1 Å². The molecule has 1 aromatic carbocycles. The quantitative estimate of drug-likeness (QED) is 0.617. The zero-order valence-corrected chi connectivity index (χ0v) is 17.3. The molecule has 0 saturated carbocycles. The first-order chi connectivity index (χ1) is 15.1. The van der Waals surface area contributed by atoms with Crippen LogP contribution in [0.2, 0.25) is 0 Å². The Balaban J connectivity index is 1.39. The second-order valence-electron chi connectivity index (χ2n) is 7.47. The van der Waals surface area contributed by atoms with Crippen molar-refractivity contribution in [3.05, 3.63) is 66.3 Å². The Morgan fingerprint density at radius 3 is 2.87 bits per heavy atom. The van der Waals surface area contributed by atoms with Crippen LogP contribution < -0.4 is 5.32 Å². The van der Waals surface area contributed by atoms with E-state index in [2.05, 4.69) is 20.4 Å². The van der Waals surface area contributed by atoms with Crippen LogP contribution >= 0.6 is 0 Å². The number of hydrogen-bond acceptors (Lipinski definition) is 7. The minimum atomic E-state index is -0.536. The van der Waals surface area contributed by atoms with E-state index in [1.54, 1.807) is 19.4 Å². The molecule has 1 saturated heterocycles. The fourth-order valence-corrected chi connectivity index (χ4v) is 3.54. The van der Waals surface area contributed by atoms with Crippen LogP contribution in [0.3, 0.4) is 0 Å². The van der Waals surface area contributed by atoms with Gasteiger partial charge in [0.15, 0.2) is 0 Å². The van der Waals surface area contributed by atoms with Gasteiger partial charge in [0.2, 0.25) is 23.5 Å². The maximum atomic E-state index is 12.9. The van der Waals surface area contributed by atoms with Gasteiger partial charge in [-0.05, 0) is 11.6 Å². The summed E-state index contributed by atoms with van der Waals surface area (Å²) in [5.41, 5.74) is 1.85. The molecular weight excluding hydrogens is 396 g/mol. The number of carbonyl (C=O) groups excluding carboxylic acids is 2. The van der Waals surface area contributed by atoms with E-state index in [9.17, 15) is 9.59 Å². The van der Waals surface area contributed by atoms with Gasteiger partial charge < -0.3 is 14.7 Å². The Morgan fingerprint density at radius 2 is 2.10 bits per heavy atom. The molecule has 0 aliphatic carbocycles. The van der Waals surface area contributed by atoms with Crippen molar-refractivity contribution in [2.45, 2.75) is 25.6 Å². The number of piperazine rings is 1. The van der Waals surface area contributed by atoms with E-state index < -0.39 is 6.04 Å². The number of rotatable bonds is 7. The van der Waals surface area contributed by atoms with Crippen LogP contribution in [0.1, 0.15) is 17.9 Å². The predicted molar refractivity (Wildman–Crippen MR) is 112 cm³/mol. The number of benzene rings is 1. The molecule has 31 heavy (non-hydrogen) atoms. The Morgan fingerprint density at radius 1 is 1.26 bits per heavy atom. The third kappa shape index (κ3) is 5.13. The van der Waals surface area contributed by atoms with E-state index in [1.165, 1.54) is 4.90 Å². The van der Waals surface area contributed by atoms with Gasteiger partial charge in [-0.15, -0.1) is 0 Å². The number of nitrogens with zero attached hydrogens (tertiary/aromatic N) is 5. The van der Waals surface area contributed by atoms with Gasteiger partial charge in [0.05, 0.1) is 19.0 Å². The standard InChI is InChI=1S/C22H24N6O3/c1-27(15-19-25-21(26-31-19)17-7-3-2-4-8-17)20(29)12-18-22(30)24-10-11-28(18)14-16-6-5-9-23-13-16/h2-9,13,18H,10-12,14-15H2,1H3,(H,24,30). The highest BCUT2D eigenvalue weighted by Crippen LogP contribution is 2.17. The summed E-state index contributed by atoms with van der Waals surface area (Å²) in [7, 11) is 1.67. The highest BCUT2D eigenvalue weighted by atomic mass is 16.5. The lowest BCUT2D eigenvalue weighted by Gasteiger charge is -2.35. The zero-order chi connectivity index (χ0) is 21.6. The Kier molecular flexibility index (Phi) is 6.32. The van der Waals surface area contributed by atoms with Crippen LogP contribution in [0, 0.1) is 0 Å². The molecule has 9 nitrogen and oxygen atoms in total. The minimum absolute atomic E-state index is 0.0717. The highest BCUT2D eigenvalue weighted by molar-refractivity contribution is 5.88. The number of pyridine rings is 1. The molecule has 160 valence electrons. The van der Waals surface area contributed by atoms with E-state index in [0.717, 1.165) is 11.1 Å². The third-order valence-corrected chi connectivity index (χ3v) is 5.22. The molecule has 3 aromatic rings. The average Bonchev–Trinajstić information content (AvgIpc) is 3.26. The number of nitrogens with one attached hydrogen (secondary N) is 1. The summed E-state index contributed by atoms with van der Waals surface area (Å²) >= 11 is 0. The minimum Gasteiger partial charge on any atom is -0.353 e. The lowest BCUT2D eigenvalue weighted by atomic mass is 10.1. The molecule has 1 N–H and O–H groups in total. The van der Waals surface area contributed by atoms with Gasteiger partial charge in [0, 0.05) is 44.6 Å². The van der Waals surface area contributed by atoms with Gasteiger partial charge in [0.25, 0.3) is 0 Å². The zero-order valence-electron chi connectivity index (χ0n) is 17.3. The summed E-state index contributed by atoms with van der Waals surface area (Å²) in [6, 6.07) is 12.8.